The minimum Gasteiger partial charge on any atom is -0.396 e. The van der Waals surface area contributed by atoms with E-state index in [4.69, 9.17) is 5.73 Å². The lowest BCUT2D eigenvalue weighted by Crippen LogP contribution is -2.13. The summed E-state index contributed by atoms with van der Waals surface area (Å²) in [5.41, 5.74) is 7.05. The summed E-state index contributed by atoms with van der Waals surface area (Å²) in [6.45, 7) is 5.18. The highest BCUT2D eigenvalue weighted by Crippen LogP contribution is 2.25. The van der Waals surface area contributed by atoms with Crippen molar-refractivity contribution in [2.45, 2.75) is 33.1 Å². The van der Waals surface area contributed by atoms with Crippen LogP contribution >= 0.6 is 0 Å². The van der Waals surface area contributed by atoms with Crippen LogP contribution in [0.1, 0.15) is 31.7 Å². The molecule has 114 valence electrons. The molecule has 0 bridgehead atoms. The van der Waals surface area contributed by atoms with E-state index in [9.17, 15) is 5.11 Å². The van der Waals surface area contributed by atoms with E-state index in [0.717, 1.165) is 48.0 Å². The van der Waals surface area contributed by atoms with Crippen LogP contribution in [0.25, 0.3) is 10.8 Å². The normalized spacial score (nSPS) is 12.5. The van der Waals surface area contributed by atoms with Crippen molar-refractivity contribution in [3.8, 4) is 0 Å². The molecule has 0 aliphatic heterocycles. The van der Waals surface area contributed by atoms with Crippen LogP contribution in [0.5, 0.6) is 0 Å². The number of aliphatic hydroxyl groups excluding tert-OH is 1. The lowest BCUT2D eigenvalue weighted by atomic mass is 10.0. The highest BCUT2D eigenvalue weighted by Gasteiger charge is 2.09. The monoisotopic (exact) mass is 288 g/mol. The predicted octanol–water partition coefficient (Wildman–Crippen LogP) is 2.73. The Bertz CT molecular complexity index is 600. The van der Waals surface area contributed by atoms with E-state index < -0.39 is 0 Å². The number of benzene rings is 1. The van der Waals surface area contributed by atoms with Crippen LogP contribution < -0.4 is 11.1 Å². The number of hydrogen-bond donors (Lipinski definition) is 3. The molecule has 0 aliphatic rings. The van der Waals surface area contributed by atoms with Crippen molar-refractivity contribution < 1.29 is 5.11 Å². The zero-order valence-electron chi connectivity index (χ0n) is 12.8. The van der Waals surface area contributed by atoms with Gasteiger partial charge in [-0.15, -0.1) is 10.2 Å². The Morgan fingerprint density at radius 2 is 2.05 bits per heavy atom. The highest BCUT2D eigenvalue weighted by atomic mass is 16.3. The van der Waals surface area contributed by atoms with E-state index in [1.807, 2.05) is 25.1 Å². The number of fused-ring (bicyclic) bond motifs is 1. The van der Waals surface area contributed by atoms with Gasteiger partial charge in [-0.2, -0.15) is 0 Å². The fourth-order valence-corrected chi connectivity index (χ4v) is 2.55. The number of aromatic nitrogens is 2. The molecule has 0 spiro atoms. The molecule has 1 aromatic heterocycles. The lowest BCUT2D eigenvalue weighted by molar-refractivity contribution is 0.212. The van der Waals surface area contributed by atoms with E-state index in [2.05, 4.69) is 22.4 Å². The molecule has 5 nitrogen and oxygen atoms in total. The van der Waals surface area contributed by atoms with Crippen molar-refractivity contribution in [2.75, 3.05) is 24.2 Å². The van der Waals surface area contributed by atoms with Gasteiger partial charge in [-0.3, -0.25) is 0 Å². The summed E-state index contributed by atoms with van der Waals surface area (Å²) in [5.74, 6) is 1.56. The Kier molecular flexibility index (Phi) is 5.33. The summed E-state index contributed by atoms with van der Waals surface area (Å²) < 4.78 is 0. The van der Waals surface area contributed by atoms with E-state index in [1.165, 1.54) is 0 Å². The van der Waals surface area contributed by atoms with Gasteiger partial charge in [0.1, 0.15) is 0 Å². The summed E-state index contributed by atoms with van der Waals surface area (Å²) in [7, 11) is 0. The predicted molar refractivity (Wildman–Crippen MR) is 87.3 cm³/mol. The van der Waals surface area contributed by atoms with Gasteiger partial charge >= 0.3 is 0 Å². The van der Waals surface area contributed by atoms with Crippen LogP contribution in [0.4, 0.5) is 11.6 Å². The first-order valence-corrected chi connectivity index (χ1v) is 7.53. The van der Waals surface area contributed by atoms with Gasteiger partial charge in [-0.1, -0.05) is 31.0 Å². The van der Waals surface area contributed by atoms with Crippen LogP contribution in [0.3, 0.4) is 0 Å². The minimum atomic E-state index is 0.239. The molecule has 0 aliphatic carbocycles. The first-order chi connectivity index (χ1) is 10.2. The second-order valence-electron chi connectivity index (χ2n) is 5.54. The van der Waals surface area contributed by atoms with Crippen molar-refractivity contribution in [2.24, 2.45) is 5.92 Å². The first kappa shape index (κ1) is 15.5. The molecule has 1 heterocycles. The second-order valence-corrected chi connectivity index (χ2v) is 5.54. The molecule has 1 atom stereocenters. The number of nitrogens with zero attached hydrogens (tertiary/aromatic N) is 2. The number of rotatable bonds is 7. The molecule has 0 saturated carbocycles. The third kappa shape index (κ3) is 3.82. The fraction of sp³-hybridized carbons (Fsp3) is 0.500. The maximum atomic E-state index is 9.32. The van der Waals surface area contributed by atoms with Crippen molar-refractivity contribution >= 4 is 22.4 Å². The van der Waals surface area contributed by atoms with Gasteiger partial charge in [0.2, 0.25) is 0 Å². The van der Waals surface area contributed by atoms with Gasteiger partial charge in [-0.25, -0.2) is 0 Å². The largest absolute Gasteiger partial charge is 0.396 e. The summed E-state index contributed by atoms with van der Waals surface area (Å²) in [6.07, 6.45) is 3.06. The number of aliphatic hydroxyl groups is 1. The zero-order chi connectivity index (χ0) is 15.2. The van der Waals surface area contributed by atoms with Gasteiger partial charge in [0.05, 0.1) is 0 Å². The van der Waals surface area contributed by atoms with Crippen molar-refractivity contribution in [3.05, 3.63) is 23.8 Å². The third-order valence-corrected chi connectivity index (χ3v) is 3.76. The molecule has 5 heteroatoms. The summed E-state index contributed by atoms with van der Waals surface area (Å²) >= 11 is 0. The van der Waals surface area contributed by atoms with E-state index >= 15 is 0 Å². The Labute approximate surface area is 125 Å². The molecule has 0 radical (unpaired) electrons. The Balaban J connectivity index is 2.10. The topological polar surface area (TPSA) is 84.1 Å². The van der Waals surface area contributed by atoms with Crippen LogP contribution in [-0.2, 0) is 0 Å². The summed E-state index contributed by atoms with van der Waals surface area (Å²) in [5, 5.41) is 22.7. The quantitative estimate of drug-likeness (QED) is 0.729. The van der Waals surface area contributed by atoms with Crippen LogP contribution in [0.15, 0.2) is 18.2 Å². The molecule has 1 aromatic carbocycles. The van der Waals surface area contributed by atoms with Crippen LogP contribution in [-0.4, -0.2) is 28.5 Å². The molecular formula is C16H24N4O. The molecule has 2 rings (SSSR count). The van der Waals surface area contributed by atoms with E-state index in [0.29, 0.717) is 11.7 Å². The van der Waals surface area contributed by atoms with Gasteiger partial charge in [0.25, 0.3) is 0 Å². The van der Waals surface area contributed by atoms with Gasteiger partial charge in [0, 0.05) is 23.9 Å². The average molecular weight is 288 g/mol. The summed E-state index contributed by atoms with van der Waals surface area (Å²) in [6, 6.07) is 6.09. The van der Waals surface area contributed by atoms with Gasteiger partial charge in [-0.05, 0) is 31.7 Å². The number of hydrogen-bond acceptors (Lipinski definition) is 5. The van der Waals surface area contributed by atoms with Gasteiger partial charge < -0.3 is 16.2 Å². The van der Waals surface area contributed by atoms with Crippen molar-refractivity contribution in [1.29, 1.82) is 0 Å². The number of anilines is 2. The maximum Gasteiger partial charge on any atom is 0.156 e. The second kappa shape index (κ2) is 7.22. The molecule has 0 amide bonds. The van der Waals surface area contributed by atoms with E-state index in [-0.39, 0.29) is 6.61 Å². The Morgan fingerprint density at radius 3 is 2.76 bits per heavy atom. The number of aryl methyl sites for hydroxylation is 1. The van der Waals surface area contributed by atoms with Crippen molar-refractivity contribution in [1.82, 2.24) is 10.2 Å². The van der Waals surface area contributed by atoms with Gasteiger partial charge in [0.15, 0.2) is 11.6 Å². The lowest BCUT2D eigenvalue weighted by Gasteiger charge is -2.14. The molecule has 0 fully saturated rings. The zero-order valence-corrected chi connectivity index (χ0v) is 12.8. The molecule has 21 heavy (non-hydrogen) atoms. The van der Waals surface area contributed by atoms with Crippen LogP contribution in [0, 0.1) is 12.8 Å². The molecule has 0 saturated heterocycles. The first-order valence-electron chi connectivity index (χ1n) is 7.53. The molecule has 2 aromatic rings. The van der Waals surface area contributed by atoms with Crippen LogP contribution in [0.2, 0.25) is 0 Å². The SMILES string of the molecule is CCCC(CO)CCNc1nnc(N)c2cc(C)ccc12. The average Bonchev–Trinajstić information content (AvgIpc) is 2.49. The molecule has 1 unspecified atom stereocenters. The number of nitrogens with two attached hydrogens (primary N) is 1. The smallest absolute Gasteiger partial charge is 0.156 e. The standard InChI is InChI=1S/C16H24N4O/c1-3-4-12(10-21)7-8-18-16-13-6-5-11(2)9-14(13)15(17)19-20-16/h5-6,9,12,21H,3-4,7-8,10H2,1-2H3,(H2,17,19)(H,18,20). The van der Waals surface area contributed by atoms with E-state index in [1.54, 1.807) is 0 Å². The molecule has 4 N–H and O–H groups in total. The highest BCUT2D eigenvalue weighted by molar-refractivity contribution is 5.97. The number of nitrogens with one attached hydrogen (secondary N) is 1. The molecular weight excluding hydrogens is 264 g/mol. The Morgan fingerprint density at radius 1 is 1.24 bits per heavy atom. The number of nitrogen functional groups attached to an aromatic ring is 1. The van der Waals surface area contributed by atoms with Crippen molar-refractivity contribution in [3.63, 3.8) is 0 Å². The maximum absolute atomic E-state index is 9.32. The minimum absolute atomic E-state index is 0.239. The third-order valence-electron chi connectivity index (χ3n) is 3.76. The Hall–Kier alpha value is -1.88. The fourth-order valence-electron chi connectivity index (χ4n) is 2.55. The summed E-state index contributed by atoms with van der Waals surface area (Å²) in [4.78, 5) is 0.